The van der Waals surface area contributed by atoms with E-state index in [-0.39, 0.29) is 19.5 Å². The first-order valence-electron chi connectivity index (χ1n) is 23.0. The summed E-state index contributed by atoms with van der Waals surface area (Å²) in [6.45, 7) is 1.98. The van der Waals surface area contributed by atoms with Gasteiger partial charge < -0.3 is 36.2 Å². The molecule has 2 saturated carbocycles. The second kappa shape index (κ2) is 28.5. The molecule has 10 rings (SSSR count). The van der Waals surface area contributed by atoms with Crippen molar-refractivity contribution in [1.29, 1.82) is 0 Å². The molecular formula is C56H56BF4O4P2Rh-. The minimum Gasteiger partial charge on any atom is -0.486 e. The molecule has 4 nitrogen and oxygen atoms in total. The van der Waals surface area contributed by atoms with Crippen LogP contribution in [0.2, 0.25) is 0 Å². The Hall–Kier alpha value is -4.21. The first-order chi connectivity index (χ1) is 32.9. The van der Waals surface area contributed by atoms with E-state index in [9.17, 15) is 17.3 Å². The van der Waals surface area contributed by atoms with Gasteiger partial charge in [-0.1, -0.05) is 121 Å². The summed E-state index contributed by atoms with van der Waals surface area (Å²) in [5.74, 6) is 3.04. The number of ether oxygens (including phenoxy) is 4. The van der Waals surface area contributed by atoms with Crippen molar-refractivity contribution < 1.29 is 55.7 Å². The van der Waals surface area contributed by atoms with Crippen LogP contribution in [0.4, 0.5) is 17.3 Å². The smallest absolute Gasteiger partial charge is 0.486 e. The van der Waals surface area contributed by atoms with E-state index in [1.54, 1.807) is 0 Å². The van der Waals surface area contributed by atoms with Crippen LogP contribution in [0.1, 0.15) is 51.4 Å². The molecule has 0 amide bonds. The fourth-order valence-corrected chi connectivity index (χ4v) is 12.9. The molecule has 0 aromatic heterocycles. The summed E-state index contributed by atoms with van der Waals surface area (Å²) in [5, 5.41) is 7.43. The van der Waals surface area contributed by atoms with Gasteiger partial charge in [0.15, 0.2) is 23.0 Å². The topological polar surface area (TPSA) is 36.9 Å². The summed E-state index contributed by atoms with van der Waals surface area (Å²) in [5.41, 5.74) is 2.04. The van der Waals surface area contributed by atoms with E-state index < -0.39 is 23.1 Å². The fraction of sp³-hybridized carbons (Fsp3) is 0.214. The van der Waals surface area contributed by atoms with Crippen LogP contribution in [-0.2, 0) is 19.5 Å². The summed E-state index contributed by atoms with van der Waals surface area (Å²) in [6.07, 6.45) is 28.0. The molecule has 6 aromatic carbocycles. The number of fused-ring (bicyclic) bond motifs is 2. The van der Waals surface area contributed by atoms with E-state index in [0.29, 0.717) is 26.4 Å². The SMILES string of the molecule is F[B-](F)(F)F.[CH]1[CH]CC[CH][CH]CC1.[CH]1[CH]CC[CH][CH]CC1.[Rh].c1ccc(P(c2ccccc2)c2ccc3c(c2-c2c(P(c4ccccc4)c4ccccc4)ccc4c2OCCO4)OCCO3)cc1. The van der Waals surface area contributed by atoms with Crippen molar-refractivity contribution in [2.75, 3.05) is 26.4 Å². The van der Waals surface area contributed by atoms with E-state index in [0.717, 1.165) is 34.1 Å². The molecule has 2 aliphatic carbocycles. The summed E-state index contributed by atoms with van der Waals surface area (Å²) in [6, 6.07) is 51.9. The van der Waals surface area contributed by atoms with Crippen molar-refractivity contribution in [1.82, 2.24) is 0 Å². The van der Waals surface area contributed by atoms with Gasteiger partial charge in [-0.25, -0.2) is 0 Å². The van der Waals surface area contributed by atoms with Gasteiger partial charge in [0.05, 0.1) is 0 Å². The number of hydrogen-bond donors (Lipinski definition) is 0. The first-order valence-corrected chi connectivity index (χ1v) is 25.7. The molecule has 0 atom stereocenters. The van der Waals surface area contributed by atoms with Crippen molar-refractivity contribution >= 4 is 54.9 Å². The Kier molecular flexibility index (Phi) is 22.2. The Morgan fingerprint density at radius 2 is 0.559 bits per heavy atom. The average molecular weight is 1040 g/mol. The van der Waals surface area contributed by atoms with Crippen LogP contribution < -0.4 is 50.8 Å². The predicted octanol–water partition coefficient (Wildman–Crippen LogP) is 12.5. The molecule has 0 saturated heterocycles. The van der Waals surface area contributed by atoms with Gasteiger partial charge >= 0.3 is 7.25 Å². The molecule has 4 aliphatic rings. The van der Waals surface area contributed by atoms with E-state index in [2.05, 4.69) is 197 Å². The Bertz CT molecular complexity index is 2070. The zero-order valence-corrected chi connectivity index (χ0v) is 41.3. The van der Waals surface area contributed by atoms with Crippen molar-refractivity contribution in [3.63, 3.8) is 0 Å². The van der Waals surface area contributed by atoms with Gasteiger partial charge in [0.25, 0.3) is 0 Å². The molecule has 6 aromatic rings. The summed E-state index contributed by atoms with van der Waals surface area (Å²) >= 11 is 0. The van der Waals surface area contributed by atoms with Gasteiger partial charge in [0, 0.05) is 30.6 Å². The van der Waals surface area contributed by atoms with Crippen molar-refractivity contribution in [2.45, 2.75) is 51.4 Å². The summed E-state index contributed by atoms with van der Waals surface area (Å²) in [7, 11) is -7.97. The monoisotopic (exact) mass is 1040 g/mol. The molecule has 0 bridgehead atoms. The van der Waals surface area contributed by atoms with Gasteiger partial charge in [-0.15, -0.1) is 0 Å². The summed E-state index contributed by atoms with van der Waals surface area (Å²) in [4.78, 5) is 0. The molecular weight excluding hydrogens is 988 g/mol. The Morgan fingerprint density at radius 3 is 0.809 bits per heavy atom. The number of benzene rings is 6. The van der Waals surface area contributed by atoms with E-state index in [1.807, 2.05) is 0 Å². The summed E-state index contributed by atoms with van der Waals surface area (Å²) < 4.78 is 64.7. The molecule has 2 heterocycles. The molecule has 2 fully saturated rings. The molecule has 2 aliphatic heterocycles. The maximum absolute atomic E-state index is 9.75. The van der Waals surface area contributed by atoms with Crippen LogP contribution in [-0.4, -0.2) is 33.7 Å². The Balaban J connectivity index is 0.000000286. The number of halogens is 4. The van der Waals surface area contributed by atoms with Crippen molar-refractivity contribution in [3.05, 3.63) is 197 Å². The zero-order chi connectivity index (χ0) is 46.5. The minimum absolute atomic E-state index is 0. The molecule has 355 valence electrons. The Morgan fingerprint density at radius 1 is 0.324 bits per heavy atom. The molecule has 0 unspecified atom stereocenters. The molecule has 0 N–H and O–H groups in total. The van der Waals surface area contributed by atoms with Crippen molar-refractivity contribution in [3.8, 4) is 34.1 Å². The third kappa shape index (κ3) is 15.9. The largest absolute Gasteiger partial charge is 0.673 e. The molecule has 68 heavy (non-hydrogen) atoms. The Labute approximate surface area is 417 Å². The fourth-order valence-electron chi connectivity index (χ4n) is 7.94. The van der Waals surface area contributed by atoms with Crippen LogP contribution in [0.15, 0.2) is 146 Å². The van der Waals surface area contributed by atoms with Crippen LogP contribution in [0, 0.1) is 51.4 Å². The van der Waals surface area contributed by atoms with Crippen LogP contribution >= 0.6 is 15.8 Å². The van der Waals surface area contributed by atoms with Gasteiger partial charge in [-0.05, 0) is 175 Å². The maximum Gasteiger partial charge on any atom is 0.673 e. The molecule has 9 radical (unpaired) electrons. The standard InChI is InChI=1S/C40H32O4P2.2C8H12.BF4.Rh/c1-5-13-29(14-6-1)45(30-15-7-2-8-16-30)35-23-21-33-39(43-27-25-41-33)37(35)38-36(24-22-34-40(38)44-28-26-42-34)46(31-17-9-3-10-18-31)32-19-11-4-12-20-32;2*1-2-4-6-8-7-5-3-1;2-1(3,4)5;/h1-24H,25-28H2;2*1-2,7-8H,3-6H2;;/q;;;-1;. The van der Waals surface area contributed by atoms with E-state index >= 15 is 0 Å². The van der Waals surface area contributed by atoms with Gasteiger partial charge in [-0.2, -0.15) is 0 Å². The first kappa shape index (κ1) is 53.1. The predicted molar refractivity (Wildman–Crippen MR) is 273 cm³/mol. The third-order valence-electron chi connectivity index (χ3n) is 10.8. The van der Waals surface area contributed by atoms with Crippen LogP contribution in [0.25, 0.3) is 11.1 Å². The molecule has 12 heteroatoms. The van der Waals surface area contributed by atoms with Crippen molar-refractivity contribution in [2.24, 2.45) is 0 Å². The third-order valence-corrected chi connectivity index (χ3v) is 15.8. The molecule has 0 spiro atoms. The quantitative estimate of drug-likeness (QED) is 0.0907. The second-order valence-electron chi connectivity index (χ2n) is 15.7. The normalized spacial score (nSPS) is 15.7. The van der Waals surface area contributed by atoms with Gasteiger partial charge in [0.2, 0.25) is 0 Å². The van der Waals surface area contributed by atoms with Gasteiger partial charge in [-0.3, -0.25) is 0 Å². The van der Waals surface area contributed by atoms with Crippen LogP contribution in [0.5, 0.6) is 23.0 Å². The van der Waals surface area contributed by atoms with Gasteiger partial charge in [0.1, 0.15) is 26.4 Å². The van der Waals surface area contributed by atoms with E-state index in [4.69, 9.17) is 18.9 Å². The zero-order valence-electron chi connectivity index (χ0n) is 37.9. The maximum atomic E-state index is 9.75. The number of rotatable bonds is 7. The van der Waals surface area contributed by atoms with E-state index in [1.165, 1.54) is 83.2 Å². The minimum atomic E-state index is -6.00. The second-order valence-corrected chi connectivity index (χ2v) is 20.0. The number of hydrogen-bond acceptors (Lipinski definition) is 4. The average Bonchev–Trinajstić information content (AvgIpc) is 3.33. The van der Waals surface area contributed by atoms with Crippen LogP contribution in [0.3, 0.4) is 0 Å².